The lowest BCUT2D eigenvalue weighted by atomic mass is 9.97. The number of carbonyl (C=O) groups is 1. The van der Waals surface area contributed by atoms with Crippen LogP contribution in [0.4, 0.5) is 11.6 Å². The first-order valence-electron chi connectivity index (χ1n) is 12.6. The third-order valence-electron chi connectivity index (χ3n) is 7.15. The number of pyridine rings is 2. The zero-order valence-corrected chi connectivity index (χ0v) is 22.9. The molecule has 8 nitrogen and oxygen atoms in total. The number of hydrogen-bond donors (Lipinski definition) is 1. The average molecular weight is 557 g/mol. The number of ketones is 1. The summed E-state index contributed by atoms with van der Waals surface area (Å²) in [6, 6.07) is 5.59. The Labute approximate surface area is 231 Å². The highest BCUT2D eigenvalue weighted by molar-refractivity contribution is 6.41. The number of methoxy groups -OCH3 is 2. The molecule has 2 atom stereocenters. The average Bonchev–Trinajstić information content (AvgIpc) is 3.61. The first kappa shape index (κ1) is 26.5. The van der Waals surface area contributed by atoms with Gasteiger partial charge in [-0.25, -0.2) is 9.97 Å². The molecular formula is C28H30Cl2N4O4. The van der Waals surface area contributed by atoms with Crippen LogP contribution in [-0.2, 0) is 9.53 Å². The minimum atomic E-state index is -0.0202. The molecule has 2 aromatic heterocycles. The van der Waals surface area contributed by atoms with Gasteiger partial charge in [0.2, 0.25) is 0 Å². The van der Waals surface area contributed by atoms with Crippen LogP contribution in [0.25, 0.3) is 22.0 Å². The van der Waals surface area contributed by atoms with Crippen LogP contribution in [0.1, 0.15) is 19.3 Å². The summed E-state index contributed by atoms with van der Waals surface area (Å²) in [7, 11) is 3.10. The van der Waals surface area contributed by atoms with Crippen molar-refractivity contribution >= 4 is 51.4 Å². The van der Waals surface area contributed by atoms with E-state index in [0.717, 1.165) is 42.5 Å². The maximum absolute atomic E-state index is 11.9. The molecule has 5 rings (SSSR count). The summed E-state index contributed by atoms with van der Waals surface area (Å²) in [4.78, 5) is 24.0. The van der Waals surface area contributed by atoms with Gasteiger partial charge in [0, 0.05) is 54.0 Å². The summed E-state index contributed by atoms with van der Waals surface area (Å²) >= 11 is 13.5. The molecule has 0 radical (unpaired) electrons. The van der Waals surface area contributed by atoms with Gasteiger partial charge in [-0.15, -0.1) is 0 Å². The van der Waals surface area contributed by atoms with E-state index in [4.69, 9.17) is 42.4 Å². The summed E-state index contributed by atoms with van der Waals surface area (Å²) in [5.41, 5.74) is 1.16. The van der Waals surface area contributed by atoms with Gasteiger partial charge in [0.25, 0.3) is 0 Å². The van der Waals surface area contributed by atoms with Crippen molar-refractivity contribution in [2.75, 3.05) is 50.7 Å². The molecule has 200 valence electrons. The summed E-state index contributed by atoms with van der Waals surface area (Å²) in [5, 5.41) is 6.08. The van der Waals surface area contributed by atoms with Crippen LogP contribution < -0.4 is 19.7 Å². The smallest absolute Gasteiger partial charge is 0.155 e. The summed E-state index contributed by atoms with van der Waals surface area (Å²) in [5.74, 6) is 2.53. The van der Waals surface area contributed by atoms with Gasteiger partial charge in [-0.3, -0.25) is 4.79 Å². The molecule has 2 fully saturated rings. The minimum Gasteiger partial charge on any atom is -0.495 e. The molecule has 1 aromatic carbocycles. The topological polar surface area (TPSA) is 85.8 Å². The van der Waals surface area contributed by atoms with Crippen LogP contribution in [0, 0.1) is 5.92 Å². The van der Waals surface area contributed by atoms with Crippen molar-refractivity contribution in [3.05, 3.63) is 47.1 Å². The molecule has 1 N–H and O–H groups in total. The Balaban J connectivity index is 1.58. The first-order chi connectivity index (χ1) is 18.4. The van der Waals surface area contributed by atoms with Crippen molar-refractivity contribution in [2.24, 2.45) is 5.92 Å². The molecule has 0 saturated carbocycles. The number of carbonyl (C=O) groups excluding carboxylic acids is 1. The van der Waals surface area contributed by atoms with E-state index in [1.54, 1.807) is 20.3 Å². The van der Waals surface area contributed by atoms with Crippen LogP contribution in [0.2, 0.25) is 10.0 Å². The predicted octanol–water partition coefficient (Wildman–Crippen LogP) is 5.79. The molecule has 2 aliphatic rings. The molecule has 0 unspecified atom stereocenters. The van der Waals surface area contributed by atoms with Crippen molar-refractivity contribution in [2.45, 2.75) is 25.3 Å². The second-order valence-corrected chi connectivity index (χ2v) is 10.3. The number of allylic oxidation sites excluding steroid dienone is 1. The molecule has 0 amide bonds. The van der Waals surface area contributed by atoms with Crippen molar-refractivity contribution in [1.29, 1.82) is 0 Å². The molecule has 0 spiro atoms. The molecule has 10 heteroatoms. The van der Waals surface area contributed by atoms with Gasteiger partial charge < -0.3 is 24.4 Å². The van der Waals surface area contributed by atoms with Gasteiger partial charge >= 0.3 is 0 Å². The third kappa shape index (κ3) is 5.13. The van der Waals surface area contributed by atoms with Crippen LogP contribution in [0.5, 0.6) is 11.5 Å². The van der Waals surface area contributed by atoms with Crippen molar-refractivity contribution < 1.29 is 19.0 Å². The van der Waals surface area contributed by atoms with E-state index in [2.05, 4.69) is 21.8 Å². The third-order valence-corrected chi connectivity index (χ3v) is 7.90. The number of nitrogens with one attached hydrogen (secondary N) is 1. The summed E-state index contributed by atoms with van der Waals surface area (Å²) in [6.07, 6.45) is 5.77. The molecule has 4 heterocycles. The molecule has 0 aliphatic carbocycles. The van der Waals surface area contributed by atoms with E-state index in [1.807, 2.05) is 18.3 Å². The van der Waals surface area contributed by atoms with Gasteiger partial charge in [-0.1, -0.05) is 29.8 Å². The quantitative estimate of drug-likeness (QED) is 0.331. The highest BCUT2D eigenvalue weighted by Crippen LogP contribution is 2.46. The summed E-state index contributed by atoms with van der Waals surface area (Å²) < 4.78 is 16.6. The van der Waals surface area contributed by atoms with E-state index in [9.17, 15) is 4.79 Å². The molecule has 0 bridgehead atoms. The van der Waals surface area contributed by atoms with Gasteiger partial charge in [-0.05, 0) is 31.1 Å². The van der Waals surface area contributed by atoms with E-state index >= 15 is 0 Å². The van der Waals surface area contributed by atoms with E-state index in [1.165, 1.54) is 6.08 Å². The SMILES string of the molecule is C=CC(=O)C[C@H]1COC[C@H]1Nc1cc2c(N3CCCC3)nc(-c3c(Cl)c(OC)cc(OC)c3Cl)cc2cn1. The molecule has 3 aromatic rings. The number of ether oxygens (including phenoxy) is 3. The van der Waals surface area contributed by atoms with Gasteiger partial charge in [0.15, 0.2) is 5.78 Å². The highest BCUT2D eigenvalue weighted by atomic mass is 35.5. The lowest BCUT2D eigenvalue weighted by Crippen LogP contribution is -2.29. The van der Waals surface area contributed by atoms with Gasteiger partial charge in [0.1, 0.15) is 23.1 Å². The van der Waals surface area contributed by atoms with Crippen LogP contribution in [0.3, 0.4) is 0 Å². The Bertz CT molecular complexity index is 1350. The van der Waals surface area contributed by atoms with Crippen molar-refractivity contribution in [3.63, 3.8) is 0 Å². The largest absolute Gasteiger partial charge is 0.495 e. The van der Waals surface area contributed by atoms with Gasteiger partial charge in [-0.2, -0.15) is 0 Å². The molecular weight excluding hydrogens is 527 g/mol. The monoisotopic (exact) mass is 556 g/mol. The number of benzene rings is 1. The molecule has 2 saturated heterocycles. The zero-order chi connectivity index (χ0) is 26.8. The normalized spacial score (nSPS) is 19.1. The molecule has 38 heavy (non-hydrogen) atoms. The number of rotatable bonds is 9. The van der Waals surface area contributed by atoms with E-state index < -0.39 is 0 Å². The standard InChI is InChI=1S/C28H30Cl2N4O4/c1-4-18(35)9-17-14-38-15-21(17)32-24-11-19-16(13-31-24)10-20(33-28(19)34-7-5-6-8-34)25-26(29)22(36-2)12-23(37-3)27(25)30/h4,10-13,17,21H,1,5-9,14-15H2,2-3H3,(H,31,32)/t17-,21+/m0/s1. The van der Waals surface area contributed by atoms with Crippen molar-refractivity contribution in [1.82, 2.24) is 9.97 Å². The fourth-order valence-corrected chi connectivity index (χ4v) is 5.80. The number of nitrogens with zero attached hydrogens (tertiary/aromatic N) is 3. The Morgan fingerprint density at radius 1 is 1.16 bits per heavy atom. The second kappa shape index (κ2) is 11.4. The van der Waals surface area contributed by atoms with E-state index in [0.29, 0.717) is 58.3 Å². The number of hydrogen-bond acceptors (Lipinski definition) is 8. The fourth-order valence-electron chi connectivity index (χ4n) is 5.11. The maximum Gasteiger partial charge on any atom is 0.155 e. The maximum atomic E-state index is 11.9. The minimum absolute atomic E-state index is 0.0123. The van der Waals surface area contributed by atoms with Crippen molar-refractivity contribution in [3.8, 4) is 22.8 Å². The number of fused-ring (bicyclic) bond motifs is 1. The Kier molecular flexibility index (Phi) is 7.93. The number of aromatic nitrogens is 2. The second-order valence-electron chi connectivity index (χ2n) is 9.52. The predicted molar refractivity (Wildman–Crippen MR) is 151 cm³/mol. The van der Waals surface area contributed by atoms with Crippen LogP contribution in [-0.4, -0.2) is 62.3 Å². The number of halogens is 2. The fraction of sp³-hybridized carbons (Fsp3) is 0.393. The Hall–Kier alpha value is -3.07. The zero-order valence-electron chi connectivity index (χ0n) is 21.4. The molecule has 2 aliphatic heterocycles. The van der Waals surface area contributed by atoms with Crippen LogP contribution in [0.15, 0.2) is 37.1 Å². The van der Waals surface area contributed by atoms with Crippen LogP contribution >= 0.6 is 23.2 Å². The number of anilines is 2. The van der Waals surface area contributed by atoms with Gasteiger partial charge in [0.05, 0.1) is 49.2 Å². The summed E-state index contributed by atoms with van der Waals surface area (Å²) in [6.45, 7) is 6.44. The Morgan fingerprint density at radius 3 is 2.53 bits per heavy atom. The Morgan fingerprint density at radius 2 is 1.87 bits per heavy atom. The lowest BCUT2D eigenvalue weighted by Gasteiger charge is -2.22. The van der Waals surface area contributed by atoms with E-state index in [-0.39, 0.29) is 17.7 Å². The highest BCUT2D eigenvalue weighted by Gasteiger charge is 2.30. The lowest BCUT2D eigenvalue weighted by molar-refractivity contribution is -0.115. The first-order valence-corrected chi connectivity index (χ1v) is 13.3.